The predicted molar refractivity (Wildman–Crippen MR) is 94.2 cm³/mol. The molecule has 0 aliphatic carbocycles. The minimum atomic E-state index is -1.16. The second-order valence-corrected chi connectivity index (χ2v) is 5.60. The van der Waals surface area contributed by atoms with Crippen LogP contribution in [0.1, 0.15) is 21.0 Å². The zero-order valence-corrected chi connectivity index (χ0v) is 13.2. The van der Waals surface area contributed by atoms with Crippen LogP contribution in [0.2, 0.25) is 0 Å². The Morgan fingerprint density at radius 2 is 1.15 bits per heavy atom. The molecule has 2 N–H and O–H groups in total. The van der Waals surface area contributed by atoms with Gasteiger partial charge < -0.3 is 10.2 Å². The van der Waals surface area contributed by atoms with E-state index in [1.165, 1.54) is 12.1 Å². The van der Waals surface area contributed by atoms with Crippen LogP contribution < -0.4 is 0 Å². The fourth-order valence-electron chi connectivity index (χ4n) is 2.86. The van der Waals surface area contributed by atoms with Gasteiger partial charge >= 0.3 is 11.9 Å². The van der Waals surface area contributed by atoms with Crippen molar-refractivity contribution in [1.29, 1.82) is 0 Å². The van der Waals surface area contributed by atoms with Crippen molar-refractivity contribution in [1.82, 2.24) is 15.0 Å². The Morgan fingerprint density at radius 1 is 0.654 bits per heavy atom. The molecule has 26 heavy (non-hydrogen) atoms. The lowest BCUT2D eigenvalue weighted by molar-refractivity contribution is 0.0680. The predicted octanol–water partition coefficient (Wildman–Crippen LogP) is 3.24. The highest BCUT2D eigenvalue weighted by atomic mass is 16.4. The average molecular weight is 345 g/mol. The van der Waals surface area contributed by atoms with E-state index in [1.807, 2.05) is 30.3 Å². The lowest BCUT2D eigenvalue weighted by Gasteiger charge is -2.11. The molecule has 0 saturated heterocycles. The molecule has 0 aliphatic heterocycles. The molecular formula is C19H11N3O4. The molecule has 126 valence electrons. The van der Waals surface area contributed by atoms with Crippen LogP contribution in [0, 0.1) is 0 Å². The minimum Gasteiger partial charge on any atom is -0.477 e. The standard InChI is InChI=1S/C19H11N3O4/c23-18(24)13-8-6-11-15(10-4-2-1-3-5-10)12-7-9-14(19(25)26)21-17(12)22-16(11)20-13/h1-9H,(H,23,24)(H,25,26). The maximum Gasteiger partial charge on any atom is 0.354 e. The van der Waals surface area contributed by atoms with Crippen molar-refractivity contribution < 1.29 is 19.8 Å². The number of aromatic nitrogens is 3. The normalized spacial score (nSPS) is 10.9. The fourth-order valence-corrected chi connectivity index (χ4v) is 2.86. The van der Waals surface area contributed by atoms with Gasteiger partial charge in [0.05, 0.1) is 0 Å². The first-order valence-electron chi connectivity index (χ1n) is 7.68. The maximum absolute atomic E-state index is 11.2. The zero-order valence-electron chi connectivity index (χ0n) is 13.2. The lowest BCUT2D eigenvalue weighted by atomic mass is 9.98. The summed E-state index contributed by atoms with van der Waals surface area (Å²) < 4.78 is 0. The van der Waals surface area contributed by atoms with Crippen molar-refractivity contribution in [2.45, 2.75) is 0 Å². The number of aromatic carboxylic acids is 2. The Balaban J connectivity index is 2.15. The van der Waals surface area contributed by atoms with Gasteiger partial charge in [0, 0.05) is 16.3 Å². The van der Waals surface area contributed by atoms with Crippen molar-refractivity contribution in [3.8, 4) is 11.1 Å². The number of carboxylic acids is 2. The molecule has 0 aliphatic rings. The summed E-state index contributed by atoms with van der Waals surface area (Å²) in [6, 6.07) is 15.6. The fraction of sp³-hybridized carbons (Fsp3) is 0. The molecule has 7 nitrogen and oxygen atoms in total. The van der Waals surface area contributed by atoms with Gasteiger partial charge in [0.2, 0.25) is 0 Å². The van der Waals surface area contributed by atoms with E-state index in [1.54, 1.807) is 12.1 Å². The van der Waals surface area contributed by atoms with Crippen molar-refractivity contribution in [2.75, 3.05) is 0 Å². The van der Waals surface area contributed by atoms with Crippen LogP contribution >= 0.6 is 0 Å². The number of pyridine rings is 3. The van der Waals surface area contributed by atoms with Gasteiger partial charge in [-0.2, -0.15) is 0 Å². The molecule has 4 rings (SSSR count). The number of hydrogen-bond donors (Lipinski definition) is 2. The van der Waals surface area contributed by atoms with Gasteiger partial charge in [0.1, 0.15) is 0 Å². The molecule has 4 aromatic rings. The van der Waals surface area contributed by atoms with Crippen LogP contribution in [-0.2, 0) is 0 Å². The molecule has 3 aromatic heterocycles. The van der Waals surface area contributed by atoms with E-state index in [0.717, 1.165) is 11.1 Å². The van der Waals surface area contributed by atoms with Gasteiger partial charge in [-0.25, -0.2) is 24.5 Å². The van der Waals surface area contributed by atoms with Gasteiger partial charge in [0.25, 0.3) is 0 Å². The molecule has 7 heteroatoms. The maximum atomic E-state index is 11.2. The van der Waals surface area contributed by atoms with Crippen LogP contribution in [0.25, 0.3) is 33.2 Å². The van der Waals surface area contributed by atoms with Gasteiger partial charge in [-0.1, -0.05) is 30.3 Å². The number of rotatable bonds is 3. The summed E-state index contributed by atoms with van der Waals surface area (Å²) >= 11 is 0. The minimum absolute atomic E-state index is 0.141. The summed E-state index contributed by atoms with van der Waals surface area (Å²) in [6.07, 6.45) is 0. The highest BCUT2D eigenvalue weighted by Gasteiger charge is 2.16. The van der Waals surface area contributed by atoms with Gasteiger partial charge in [-0.15, -0.1) is 0 Å². The third kappa shape index (κ3) is 2.51. The van der Waals surface area contributed by atoms with Gasteiger partial charge in [-0.3, -0.25) is 0 Å². The van der Waals surface area contributed by atoms with E-state index in [-0.39, 0.29) is 22.7 Å². The van der Waals surface area contributed by atoms with E-state index in [4.69, 9.17) is 0 Å². The number of nitrogens with zero attached hydrogens (tertiary/aromatic N) is 3. The van der Waals surface area contributed by atoms with Gasteiger partial charge in [-0.05, 0) is 29.8 Å². The molecule has 1 aromatic carbocycles. The van der Waals surface area contributed by atoms with Crippen LogP contribution in [0.3, 0.4) is 0 Å². The first kappa shape index (κ1) is 15.6. The Morgan fingerprint density at radius 3 is 1.62 bits per heavy atom. The number of benzene rings is 1. The van der Waals surface area contributed by atoms with Crippen LogP contribution in [0.15, 0.2) is 54.6 Å². The van der Waals surface area contributed by atoms with Crippen LogP contribution in [0.4, 0.5) is 0 Å². The van der Waals surface area contributed by atoms with E-state index >= 15 is 0 Å². The Labute approximate surface area is 146 Å². The summed E-state index contributed by atoms with van der Waals surface area (Å²) in [5.74, 6) is -2.33. The first-order chi connectivity index (χ1) is 12.5. The summed E-state index contributed by atoms with van der Waals surface area (Å²) in [6.45, 7) is 0. The van der Waals surface area contributed by atoms with E-state index in [9.17, 15) is 19.8 Å². The number of fused-ring (bicyclic) bond motifs is 2. The molecular weight excluding hydrogens is 334 g/mol. The summed E-state index contributed by atoms with van der Waals surface area (Å²) in [4.78, 5) is 34.9. The molecule has 0 radical (unpaired) electrons. The Hall–Kier alpha value is -3.87. The third-order valence-corrected chi connectivity index (χ3v) is 4.00. The van der Waals surface area contributed by atoms with Crippen LogP contribution in [-0.4, -0.2) is 37.1 Å². The number of carbonyl (C=O) groups is 2. The lowest BCUT2D eigenvalue weighted by Crippen LogP contribution is -2.04. The number of hydrogen-bond acceptors (Lipinski definition) is 5. The summed E-state index contributed by atoms with van der Waals surface area (Å²) in [5, 5.41) is 19.7. The number of carboxylic acid groups (broad SMARTS) is 2. The van der Waals surface area contributed by atoms with Crippen molar-refractivity contribution >= 4 is 34.0 Å². The quantitative estimate of drug-likeness (QED) is 0.548. The second-order valence-electron chi connectivity index (χ2n) is 5.60. The largest absolute Gasteiger partial charge is 0.477 e. The highest BCUT2D eigenvalue weighted by Crippen LogP contribution is 2.33. The van der Waals surface area contributed by atoms with E-state index < -0.39 is 11.9 Å². The monoisotopic (exact) mass is 345 g/mol. The molecule has 0 amide bonds. The first-order valence-corrected chi connectivity index (χ1v) is 7.68. The highest BCUT2D eigenvalue weighted by molar-refractivity contribution is 6.08. The smallest absolute Gasteiger partial charge is 0.354 e. The van der Waals surface area contributed by atoms with Gasteiger partial charge in [0.15, 0.2) is 22.7 Å². The Bertz CT molecular complexity index is 1120. The molecule has 0 spiro atoms. The molecule has 0 unspecified atom stereocenters. The third-order valence-electron chi connectivity index (χ3n) is 4.00. The molecule has 0 atom stereocenters. The molecule has 3 heterocycles. The zero-order chi connectivity index (χ0) is 18.3. The summed E-state index contributed by atoms with van der Waals surface area (Å²) in [7, 11) is 0. The molecule has 0 fully saturated rings. The summed E-state index contributed by atoms with van der Waals surface area (Å²) in [5.41, 5.74) is 1.77. The Kier molecular flexibility index (Phi) is 3.54. The molecule has 0 saturated carbocycles. The van der Waals surface area contributed by atoms with Crippen molar-refractivity contribution in [3.05, 3.63) is 66.0 Å². The van der Waals surface area contributed by atoms with Crippen molar-refractivity contribution in [3.63, 3.8) is 0 Å². The van der Waals surface area contributed by atoms with Crippen LogP contribution in [0.5, 0.6) is 0 Å². The average Bonchev–Trinajstić information content (AvgIpc) is 2.65. The van der Waals surface area contributed by atoms with Crippen molar-refractivity contribution in [2.24, 2.45) is 0 Å². The SMILES string of the molecule is O=C(O)c1ccc2c(-c3ccccc3)c3ccc(C(=O)O)nc3nc2n1. The topological polar surface area (TPSA) is 113 Å². The van der Waals surface area contributed by atoms with E-state index in [0.29, 0.717) is 10.8 Å². The molecule has 0 bridgehead atoms. The van der Waals surface area contributed by atoms with E-state index in [2.05, 4.69) is 15.0 Å². The second kappa shape index (κ2) is 5.89.